The predicted octanol–water partition coefficient (Wildman–Crippen LogP) is 9.71. The van der Waals surface area contributed by atoms with E-state index in [2.05, 4.69) is 174 Å². The van der Waals surface area contributed by atoms with Gasteiger partial charge in [-0.05, 0) is 75.1 Å². The molecule has 208 valence electrons. The first kappa shape index (κ1) is 24.6. The summed E-state index contributed by atoms with van der Waals surface area (Å²) in [5.74, 6) is 0. The number of fused-ring (bicyclic) bond motifs is 6. The second-order valence-electron chi connectivity index (χ2n) is 12.1. The van der Waals surface area contributed by atoms with Gasteiger partial charge in [-0.3, -0.25) is 0 Å². The first-order valence-electron chi connectivity index (χ1n) is 15.7. The molecule has 7 aromatic carbocycles. The van der Waals surface area contributed by atoms with Crippen molar-refractivity contribution < 1.29 is 0 Å². The largest absolute Gasteiger partial charge is 0.376 e. The van der Waals surface area contributed by atoms with Crippen molar-refractivity contribution in [3.8, 4) is 44.5 Å². The molecule has 45 heavy (non-hydrogen) atoms. The van der Waals surface area contributed by atoms with E-state index < -0.39 is 0 Å². The van der Waals surface area contributed by atoms with E-state index in [1.165, 1.54) is 83.9 Å². The highest BCUT2D eigenvalue weighted by Crippen LogP contribution is 2.52. The Hall–Kier alpha value is -5.80. The quantitative estimate of drug-likeness (QED) is 0.195. The number of hydrogen-bond donors (Lipinski definition) is 0. The molecule has 0 saturated heterocycles. The van der Waals surface area contributed by atoms with E-state index in [-0.39, 0.29) is 6.85 Å². The summed E-state index contributed by atoms with van der Waals surface area (Å²) in [6, 6.07) is 60.1. The Bertz CT molecular complexity index is 2210. The molecule has 0 saturated carbocycles. The maximum Gasteiger partial charge on any atom is 0.333 e. The molecule has 0 N–H and O–H groups in total. The molecule has 7 aromatic rings. The summed E-state index contributed by atoms with van der Waals surface area (Å²) < 4.78 is 0. The van der Waals surface area contributed by atoms with Crippen LogP contribution in [-0.2, 0) is 0 Å². The Morgan fingerprint density at radius 1 is 0.311 bits per heavy atom. The molecule has 0 amide bonds. The van der Waals surface area contributed by atoms with E-state index in [1.54, 1.807) is 0 Å². The fourth-order valence-corrected chi connectivity index (χ4v) is 7.97. The lowest BCUT2D eigenvalue weighted by atomic mass is 9.41. The molecule has 0 bridgehead atoms. The van der Waals surface area contributed by atoms with Crippen LogP contribution in [-0.4, -0.2) is 6.85 Å². The molecule has 3 heteroatoms. The molecule has 0 atom stereocenters. The van der Waals surface area contributed by atoms with Crippen LogP contribution in [0.25, 0.3) is 44.5 Å². The number of para-hydroxylation sites is 3. The van der Waals surface area contributed by atoms with Crippen LogP contribution in [0, 0.1) is 0 Å². The number of nitrogens with zero attached hydrogens (tertiary/aromatic N) is 2. The zero-order chi connectivity index (χ0) is 29.5. The highest BCUT2D eigenvalue weighted by Gasteiger charge is 2.48. The van der Waals surface area contributed by atoms with Gasteiger partial charge in [0, 0.05) is 39.4 Å². The summed E-state index contributed by atoms with van der Waals surface area (Å²) in [5.41, 5.74) is 19.0. The molecule has 0 aliphatic carbocycles. The molecule has 2 nitrogen and oxygen atoms in total. The minimum absolute atomic E-state index is 0.0945. The smallest absolute Gasteiger partial charge is 0.333 e. The van der Waals surface area contributed by atoms with Crippen LogP contribution in [0.2, 0.25) is 0 Å². The number of rotatable bonds is 3. The van der Waals surface area contributed by atoms with Crippen molar-refractivity contribution >= 4 is 46.2 Å². The van der Waals surface area contributed by atoms with Gasteiger partial charge in [-0.1, -0.05) is 127 Å². The first-order chi connectivity index (χ1) is 22.4. The van der Waals surface area contributed by atoms with Crippen molar-refractivity contribution in [2.24, 2.45) is 0 Å². The van der Waals surface area contributed by atoms with Gasteiger partial charge < -0.3 is 9.71 Å². The number of hydrogen-bond acceptors (Lipinski definition) is 2. The second kappa shape index (κ2) is 9.35. The van der Waals surface area contributed by atoms with E-state index >= 15 is 0 Å². The van der Waals surface area contributed by atoms with E-state index in [0.717, 1.165) is 0 Å². The van der Waals surface area contributed by atoms with Gasteiger partial charge in [0.25, 0.3) is 0 Å². The van der Waals surface area contributed by atoms with Gasteiger partial charge in [0.05, 0.1) is 5.69 Å². The van der Waals surface area contributed by atoms with Crippen LogP contribution in [0.15, 0.2) is 164 Å². The van der Waals surface area contributed by atoms with Crippen LogP contribution in [0.3, 0.4) is 0 Å². The Morgan fingerprint density at radius 2 is 0.756 bits per heavy atom. The van der Waals surface area contributed by atoms with Gasteiger partial charge in [0.15, 0.2) is 0 Å². The molecule has 0 fully saturated rings. The summed E-state index contributed by atoms with van der Waals surface area (Å²) in [6.45, 7) is 0.0945. The molecule has 0 radical (unpaired) electrons. The molecular weight excluding hydrogens is 543 g/mol. The van der Waals surface area contributed by atoms with Gasteiger partial charge in [-0.15, -0.1) is 0 Å². The van der Waals surface area contributed by atoms with Gasteiger partial charge in [0.1, 0.15) is 0 Å². The topological polar surface area (TPSA) is 6.48 Å². The van der Waals surface area contributed by atoms with Crippen LogP contribution >= 0.6 is 0 Å². The van der Waals surface area contributed by atoms with Gasteiger partial charge in [-0.25, -0.2) is 0 Å². The lowest BCUT2D eigenvalue weighted by Crippen LogP contribution is -2.63. The normalized spacial score (nSPS) is 13.2. The molecular formula is C42H27BN2. The van der Waals surface area contributed by atoms with Gasteiger partial charge in [-0.2, -0.15) is 0 Å². The van der Waals surface area contributed by atoms with Gasteiger partial charge >= 0.3 is 6.85 Å². The van der Waals surface area contributed by atoms with Crippen molar-refractivity contribution in [3.05, 3.63) is 164 Å². The Balaban J connectivity index is 1.27. The average Bonchev–Trinajstić information content (AvgIpc) is 3.12. The fraction of sp³-hybridized carbons (Fsp3) is 0. The third kappa shape index (κ3) is 3.41. The number of anilines is 5. The molecule has 0 aromatic heterocycles. The van der Waals surface area contributed by atoms with E-state index in [9.17, 15) is 0 Å². The highest BCUT2D eigenvalue weighted by atomic mass is 15.2. The van der Waals surface area contributed by atoms with Crippen LogP contribution in [0.4, 0.5) is 28.4 Å². The van der Waals surface area contributed by atoms with Crippen LogP contribution < -0.4 is 20.6 Å². The summed E-state index contributed by atoms with van der Waals surface area (Å²) >= 11 is 0. The zero-order valence-electron chi connectivity index (χ0n) is 24.6. The summed E-state index contributed by atoms with van der Waals surface area (Å²) in [7, 11) is 0. The lowest BCUT2D eigenvalue weighted by molar-refractivity contribution is 1.26. The van der Waals surface area contributed by atoms with Crippen LogP contribution in [0.1, 0.15) is 0 Å². The fourth-order valence-electron chi connectivity index (χ4n) is 7.97. The van der Waals surface area contributed by atoms with E-state index in [1.807, 2.05) is 0 Å². The minimum atomic E-state index is 0.0945. The molecule has 3 aliphatic heterocycles. The van der Waals surface area contributed by atoms with Gasteiger partial charge in [0.2, 0.25) is 0 Å². The molecule has 3 aliphatic rings. The van der Waals surface area contributed by atoms with E-state index in [4.69, 9.17) is 0 Å². The summed E-state index contributed by atoms with van der Waals surface area (Å²) in [6.07, 6.45) is 0. The third-order valence-corrected chi connectivity index (χ3v) is 9.79. The standard InChI is InChI=1S/C42H27BN2/c1-2-13-28(14-3-1)29-15-10-16-30(27-29)31-17-4-7-22-36(31)44-39-25-11-20-34-32-18-5-8-23-37(32)45-38-24-9-6-19-33(38)35-21-12-26-40(44)42(35)43(45)41(34)39/h1-27H. The SMILES string of the molecule is c1ccc(-c2cccc(-c3ccccc3N3c4cccc5c4B4c6c(cccc63)-c3ccccc3N4c3ccccc3-5)c2)cc1. The molecule has 10 rings (SSSR count). The maximum atomic E-state index is 2.59. The zero-order valence-corrected chi connectivity index (χ0v) is 24.6. The first-order valence-corrected chi connectivity index (χ1v) is 15.7. The van der Waals surface area contributed by atoms with Crippen molar-refractivity contribution in [2.45, 2.75) is 0 Å². The van der Waals surface area contributed by atoms with Crippen molar-refractivity contribution in [2.75, 3.05) is 9.71 Å². The van der Waals surface area contributed by atoms with E-state index in [0.29, 0.717) is 0 Å². The Labute approximate surface area is 263 Å². The van der Waals surface area contributed by atoms with Crippen molar-refractivity contribution in [3.63, 3.8) is 0 Å². The van der Waals surface area contributed by atoms with Crippen molar-refractivity contribution in [1.82, 2.24) is 0 Å². The summed E-state index contributed by atoms with van der Waals surface area (Å²) in [5, 5.41) is 0. The van der Waals surface area contributed by atoms with Crippen molar-refractivity contribution in [1.29, 1.82) is 0 Å². The minimum Gasteiger partial charge on any atom is -0.376 e. The van der Waals surface area contributed by atoms with Crippen LogP contribution in [0.5, 0.6) is 0 Å². The molecule has 0 unspecified atom stereocenters. The predicted molar refractivity (Wildman–Crippen MR) is 190 cm³/mol. The Morgan fingerprint density at radius 3 is 1.40 bits per heavy atom. The monoisotopic (exact) mass is 570 g/mol. The lowest BCUT2D eigenvalue weighted by Gasteiger charge is -2.49. The molecule has 3 heterocycles. The Kier molecular flexibility index (Phi) is 5.12. The second-order valence-corrected chi connectivity index (χ2v) is 12.1. The molecule has 0 spiro atoms. The third-order valence-electron chi connectivity index (χ3n) is 9.79. The highest BCUT2D eigenvalue weighted by molar-refractivity contribution is 6.95. The summed E-state index contributed by atoms with van der Waals surface area (Å²) in [4.78, 5) is 5.12. The average molecular weight is 571 g/mol. The number of benzene rings is 7. The maximum absolute atomic E-state index is 2.59.